The van der Waals surface area contributed by atoms with E-state index in [1.807, 2.05) is 43.3 Å². The molecule has 0 aliphatic carbocycles. The second-order valence-electron chi connectivity index (χ2n) is 6.91. The van der Waals surface area contributed by atoms with Crippen LogP contribution in [0.4, 0.5) is 11.4 Å². The molecule has 3 aromatic rings. The van der Waals surface area contributed by atoms with Gasteiger partial charge >= 0.3 is 0 Å². The third-order valence-electron chi connectivity index (χ3n) is 5.09. The summed E-state index contributed by atoms with van der Waals surface area (Å²) < 4.78 is 5.32. The third kappa shape index (κ3) is 3.07. The van der Waals surface area contributed by atoms with Crippen molar-refractivity contribution in [1.82, 2.24) is 4.98 Å². The predicted octanol–water partition coefficient (Wildman–Crippen LogP) is 4.21. The Hall–Kier alpha value is -3.41. The molecule has 1 aliphatic heterocycles. The molecule has 1 aromatic carbocycles. The fourth-order valence-corrected chi connectivity index (χ4v) is 3.91. The molecule has 28 heavy (non-hydrogen) atoms. The van der Waals surface area contributed by atoms with Crippen molar-refractivity contribution in [2.75, 3.05) is 9.80 Å². The van der Waals surface area contributed by atoms with Gasteiger partial charge in [-0.25, -0.2) is 0 Å². The molecule has 6 nitrogen and oxygen atoms in total. The number of carbonyl (C=O) groups is 2. The van der Waals surface area contributed by atoms with Crippen LogP contribution in [0.3, 0.4) is 0 Å². The Kier molecular flexibility index (Phi) is 4.69. The molecule has 2 unspecified atom stereocenters. The summed E-state index contributed by atoms with van der Waals surface area (Å²) in [5.74, 6) is 0.0426. The van der Waals surface area contributed by atoms with Crippen molar-refractivity contribution in [2.45, 2.75) is 32.4 Å². The van der Waals surface area contributed by atoms with Crippen molar-refractivity contribution in [3.8, 4) is 0 Å². The minimum absolute atomic E-state index is 0.0518. The van der Waals surface area contributed by atoms with Crippen LogP contribution in [0.1, 0.15) is 42.4 Å². The fourth-order valence-electron chi connectivity index (χ4n) is 3.91. The maximum atomic E-state index is 13.0. The number of amides is 2. The number of nitrogens with zero attached hydrogens (tertiary/aromatic N) is 3. The number of pyridine rings is 1. The molecule has 0 N–H and O–H groups in total. The molecule has 4 rings (SSSR count). The van der Waals surface area contributed by atoms with Gasteiger partial charge < -0.3 is 14.2 Å². The molecule has 3 heterocycles. The van der Waals surface area contributed by atoms with Crippen LogP contribution >= 0.6 is 0 Å². The summed E-state index contributed by atoms with van der Waals surface area (Å²) in [5, 5.41) is 0. The smallest absolute Gasteiger partial charge is 0.294 e. The fraction of sp³-hybridized carbons (Fsp3) is 0.227. The lowest BCUT2D eigenvalue weighted by molar-refractivity contribution is -0.117. The van der Waals surface area contributed by atoms with Crippen molar-refractivity contribution in [1.29, 1.82) is 0 Å². The number of furan rings is 1. The Labute approximate surface area is 163 Å². The highest BCUT2D eigenvalue weighted by Crippen LogP contribution is 2.42. The largest absolute Gasteiger partial charge is 0.459 e. The van der Waals surface area contributed by atoms with Gasteiger partial charge in [0.2, 0.25) is 5.91 Å². The number of fused-ring (bicyclic) bond motifs is 1. The van der Waals surface area contributed by atoms with Gasteiger partial charge in [-0.1, -0.05) is 18.2 Å². The van der Waals surface area contributed by atoms with Crippen LogP contribution < -0.4 is 9.80 Å². The number of hydrogen-bond acceptors (Lipinski definition) is 4. The van der Waals surface area contributed by atoms with Gasteiger partial charge in [0.15, 0.2) is 5.76 Å². The standard InChI is InChI=1S/C22H21N3O3/c1-15-13-20(25(16(2)26)17-7-4-3-5-8-17)18-14-23-11-10-19(18)24(15)22(27)21-9-6-12-28-21/h3-12,14-15,20H,13H2,1-2H3. The maximum absolute atomic E-state index is 13.0. The highest BCUT2D eigenvalue weighted by molar-refractivity contribution is 6.05. The summed E-state index contributed by atoms with van der Waals surface area (Å²) in [6, 6.07) is 14.4. The van der Waals surface area contributed by atoms with Gasteiger partial charge in [-0.2, -0.15) is 0 Å². The van der Waals surface area contributed by atoms with Gasteiger partial charge in [0.05, 0.1) is 18.0 Å². The zero-order valence-corrected chi connectivity index (χ0v) is 15.8. The predicted molar refractivity (Wildman–Crippen MR) is 106 cm³/mol. The van der Waals surface area contributed by atoms with Crippen LogP contribution in [-0.2, 0) is 4.79 Å². The van der Waals surface area contributed by atoms with Gasteiger partial charge in [0.1, 0.15) is 0 Å². The average molecular weight is 375 g/mol. The van der Waals surface area contributed by atoms with Crippen molar-refractivity contribution in [2.24, 2.45) is 0 Å². The maximum Gasteiger partial charge on any atom is 0.294 e. The van der Waals surface area contributed by atoms with E-state index >= 15 is 0 Å². The summed E-state index contributed by atoms with van der Waals surface area (Å²) in [7, 11) is 0. The molecule has 1 aliphatic rings. The lowest BCUT2D eigenvalue weighted by Crippen LogP contribution is -2.47. The van der Waals surface area contributed by atoms with E-state index in [0.717, 1.165) is 16.9 Å². The monoisotopic (exact) mass is 375 g/mol. The molecule has 2 atom stereocenters. The molecule has 2 aromatic heterocycles. The molecule has 0 saturated heterocycles. The molecule has 0 spiro atoms. The molecule has 0 bridgehead atoms. The van der Waals surface area contributed by atoms with Crippen molar-refractivity contribution in [3.63, 3.8) is 0 Å². The van der Waals surface area contributed by atoms with Crippen LogP contribution in [0, 0.1) is 0 Å². The average Bonchev–Trinajstić information content (AvgIpc) is 3.23. The van der Waals surface area contributed by atoms with E-state index in [9.17, 15) is 9.59 Å². The van der Waals surface area contributed by atoms with Crippen LogP contribution in [0.2, 0.25) is 0 Å². The molecule has 0 radical (unpaired) electrons. The SMILES string of the molecule is CC(=O)N(c1ccccc1)C1CC(C)N(C(=O)c2ccco2)c2ccncc21. The van der Waals surface area contributed by atoms with E-state index in [4.69, 9.17) is 4.42 Å². The van der Waals surface area contributed by atoms with E-state index in [-0.39, 0.29) is 23.9 Å². The summed E-state index contributed by atoms with van der Waals surface area (Å²) in [6.45, 7) is 3.55. The van der Waals surface area contributed by atoms with Crippen LogP contribution in [-0.4, -0.2) is 22.8 Å². The highest BCUT2D eigenvalue weighted by atomic mass is 16.3. The molecule has 142 valence electrons. The number of benzene rings is 1. The van der Waals surface area contributed by atoms with Crippen LogP contribution in [0.5, 0.6) is 0 Å². The first-order valence-corrected chi connectivity index (χ1v) is 9.23. The van der Waals surface area contributed by atoms with E-state index in [0.29, 0.717) is 12.2 Å². The van der Waals surface area contributed by atoms with Crippen LogP contribution in [0.15, 0.2) is 71.6 Å². The highest BCUT2D eigenvalue weighted by Gasteiger charge is 2.38. The zero-order valence-electron chi connectivity index (χ0n) is 15.8. The third-order valence-corrected chi connectivity index (χ3v) is 5.09. The van der Waals surface area contributed by atoms with Crippen molar-refractivity contribution in [3.05, 3.63) is 78.5 Å². The number of carbonyl (C=O) groups excluding carboxylic acids is 2. The summed E-state index contributed by atoms with van der Waals surface area (Å²) in [5.41, 5.74) is 2.43. The zero-order chi connectivity index (χ0) is 19.7. The first kappa shape index (κ1) is 18.0. The van der Waals surface area contributed by atoms with E-state index in [1.165, 1.54) is 6.26 Å². The second kappa shape index (κ2) is 7.31. The van der Waals surface area contributed by atoms with E-state index < -0.39 is 0 Å². The summed E-state index contributed by atoms with van der Waals surface area (Å²) in [4.78, 5) is 33.4. The van der Waals surface area contributed by atoms with Gasteiger partial charge in [-0.05, 0) is 43.7 Å². The van der Waals surface area contributed by atoms with E-state index in [2.05, 4.69) is 4.98 Å². The van der Waals surface area contributed by atoms with Crippen molar-refractivity contribution < 1.29 is 14.0 Å². The topological polar surface area (TPSA) is 66.7 Å². The molecule has 0 fully saturated rings. The molecular formula is C22H21N3O3. The lowest BCUT2D eigenvalue weighted by atomic mass is 9.91. The Balaban J connectivity index is 1.79. The molecule has 2 amide bonds. The Morgan fingerprint density at radius 1 is 1.14 bits per heavy atom. The summed E-state index contributed by atoms with van der Waals surface area (Å²) in [6.07, 6.45) is 5.49. The lowest BCUT2D eigenvalue weighted by Gasteiger charge is -2.42. The van der Waals surface area contributed by atoms with E-state index in [1.54, 1.807) is 41.2 Å². The molecule has 6 heteroatoms. The number of para-hydroxylation sites is 1. The summed E-state index contributed by atoms with van der Waals surface area (Å²) >= 11 is 0. The van der Waals surface area contributed by atoms with Crippen molar-refractivity contribution >= 4 is 23.2 Å². The number of aromatic nitrogens is 1. The number of rotatable bonds is 3. The minimum Gasteiger partial charge on any atom is -0.459 e. The Morgan fingerprint density at radius 3 is 2.61 bits per heavy atom. The molecular weight excluding hydrogens is 354 g/mol. The van der Waals surface area contributed by atoms with Gasteiger partial charge in [0, 0.05) is 36.6 Å². The van der Waals surface area contributed by atoms with Crippen LogP contribution in [0.25, 0.3) is 0 Å². The van der Waals surface area contributed by atoms with Gasteiger partial charge in [0.25, 0.3) is 5.91 Å². The number of hydrogen-bond donors (Lipinski definition) is 0. The normalized spacial score (nSPS) is 18.4. The Bertz CT molecular complexity index is 985. The minimum atomic E-state index is -0.209. The second-order valence-corrected chi connectivity index (χ2v) is 6.91. The first-order chi connectivity index (χ1) is 13.6. The van der Waals surface area contributed by atoms with Gasteiger partial charge in [-0.3, -0.25) is 14.6 Å². The quantitative estimate of drug-likeness (QED) is 0.688. The van der Waals surface area contributed by atoms with Gasteiger partial charge in [-0.15, -0.1) is 0 Å². The number of anilines is 2. The Morgan fingerprint density at radius 2 is 1.93 bits per heavy atom. The first-order valence-electron chi connectivity index (χ1n) is 9.23. The molecule has 0 saturated carbocycles.